The average Bonchev–Trinajstić information content (AvgIpc) is 2.52. The number of nitrogens with zero attached hydrogens (tertiary/aromatic N) is 2. The van der Waals surface area contributed by atoms with Crippen molar-refractivity contribution in [3.63, 3.8) is 0 Å². The molecule has 0 N–H and O–H groups in total. The van der Waals surface area contributed by atoms with Crippen LogP contribution in [0.5, 0.6) is 5.75 Å². The van der Waals surface area contributed by atoms with Crippen LogP contribution in [0, 0.1) is 5.82 Å². The lowest BCUT2D eigenvalue weighted by atomic mass is 10.3. The number of halogens is 2. The Hall–Kier alpha value is -1.59. The van der Waals surface area contributed by atoms with Crippen LogP contribution in [-0.2, 0) is 4.79 Å². The number of hydrogen-bond acceptors (Lipinski definition) is 3. The molecule has 0 spiro atoms. The van der Waals surface area contributed by atoms with E-state index in [2.05, 4.69) is 4.90 Å². The maximum Gasteiger partial charge on any atom is 0.260 e. The molecule has 1 aromatic carbocycles. The highest BCUT2D eigenvalue weighted by molar-refractivity contribution is 6.25. The van der Waals surface area contributed by atoms with Crippen LogP contribution in [0.4, 0.5) is 4.39 Å². The van der Waals surface area contributed by atoms with Gasteiger partial charge in [-0.25, -0.2) is 4.39 Å². The van der Waals surface area contributed by atoms with Crippen molar-refractivity contribution in [2.45, 2.75) is 0 Å². The summed E-state index contributed by atoms with van der Waals surface area (Å²) in [4.78, 5) is 16.0. The molecule has 6 heteroatoms. The highest BCUT2D eigenvalue weighted by Crippen LogP contribution is 2.11. The van der Waals surface area contributed by atoms with E-state index in [1.807, 2.05) is 6.08 Å². The predicted octanol–water partition coefficient (Wildman–Crippen LogP) is 2.10. The molecule has 0 aliphatic carbocycles. The van der Waals surface area contributed by atoms with E-state index in [1.54, 1.807) is 4.90 Å². The summed E-state index contributed by atoms with van der Waals surface area (Å²) in [5.41, 5.74) is 1.51. The Morgan fingerprint density at radius 2 is 1.90 bits per heavy atom. The summed E-state index contributed by atoms with van der Waals surface area (Å²) in [7, 11) is 0. The molecule has 0 saturated carbocycles. The quantitative estimate of drug-likeness (QED) is 0.835. The first-order valence-corrected chi connectivity index (χ1v) is 7.26. The molecule has 1 saturated heterocycles. The molecule has 1 amide bonds. The van der Waals surface area contributed by atoms with Crippen LogP contribution >= 0.6 is 11.6 Å². The summed E-state index contributed by atoms with van der Waals surface area (Å²) in [6, 6.07) is 5.64. The number of ether oxygens (including phenoxy) is 1. The highest BCUT2D eigenvalue weighted by atomic mass is 35.5. The fraction of sp³-hybridized carbons (Fsp3) is 0.400. The number of carbonyl (C=O) groups is 1. The minimum absolute atomic E-state index is 0.0206. The van der Waals surface area contributed by atoms with E-state index in [4.69, 9.17) is 16.3 Å². The van der Waals surface area contributed by atoms with Crippen molar-refractivity contribution >= 4 is 17.5 Å². The summed E-state index contributed by atoms with van der Waals surface area (Å²) in [6.45, 7) is 3.79. The van der Waals surface area contributed by atoms with E-state index in [0.29, 0.717) is 18.8 Å². The minimum Gasteiger partial charge on any atom is -0.484 e. The Morgan fingerprint density at radius 1 is 1.24 bits per heavy atom. The first kappa shape index (κ1) is 15.8. The molecule has 21 heavy (non-hydrogen) atoms. The number of rotatable bonds is 5. The van der Waals surface area contributed by atoms with Crippen LogP contribution in [0.1, 0.15) is 0 Å². The first-order valence-electron chi connectivity index (χ1n) is 6.83. The normalized spacial score (nSPS) is 16.4. The molecule has 1 heterocycles. The van der Waals surface area contributed by atoms with Gasteiger partial charge in [0.25, 0.3) is 5.91 Å². The lowest BCUT2D eigenvalue weighted by Gasteiger charge is -2.34. The third kappa shape index (κ3) is 5.02. The van der Waals surface area contributed by atoms with E-state index in [-0.39, 0.29) is 18.3 Å². The second-order valence-electron chi connectivity index (χ2n) is 4.79. The number of hydrogen-bond donors (Lipinski definition) is 0. The zero-order valence-electron chi connectivity index (χ0n) is 11.7. The van der Waals surface area contributed by atoms with Crippen LogP contribution in [0.2, 0.25) is 0 Å². The fourth-order valence-electron chi connectivity index (χ4n) is 2.14. The van der Waals surface area contributed by atoms with Crippen molar-refractivity contribution in [1.29, 1.82) is 0 Å². The molecular weight excluding hydrogens is 295 g/mol. The van der Waals surface area contributed by atoms with Gasteiger partial charge in [0.05, 0.1) is 0 Å². The van der Waals surface area contributed by atoms with Crippen molar-refractivity contribution in [1.82, 2.24) is 9.80 Å². The SMILES string of the molecule is O=C(COc1ccc(F)cc1)N1CCN(C/C=C/Cl)CC1. The average molecular weight is 313 g/mol. The zero-order chi connectivity index (χ0) is 15.1. The summed E-state index contributed by atoms with van der Waals surface area (Å²) >= 11 is 5.50. The van der Waals surface area contributed by atoms with Crippen LogP contribution in [0.3, 0.4) is 0 Å². The monoisotopic (exact) mass is 312 g/mol. The van der Waals surface area contributed by atoms with Crippen LogP contribution < -0.4 is 4.74 Å². The highest BCUT2D eigenvalue weighted by Gasteiger charge is 2.20. The molecular formula is C15H18ClFN2O2. The molecule has 0 bridgehead atoms. The minimum atomic E-state index is -0.323. The van der Waals surface area contributed by atoms with Gasteiger partial charge in [-0.1, -0.05) is 17.7 Å². The Morgan fingerprint density at radius 3 is 2.52 bits per heavy atom. The van der Waals surface area contributed by atoms with Crippen molar-refractivity contribution in [2.75, 3.05) is 39.3 Å². The largest absolute Gasteiger partial charge is 0.484 e. The Labute approximate surface area is 128 Å². The predicted molar refractivity (Wildman–Crippen MR) is 79.9 cm³/mol. The van der Waals surface area contributed by atoms with Gasteiger partial charge in [0.1, 0.15) is 11.6 Å². The Kier molecular flexibility index (Phi) is 6.02. The van der Waals surface area contributed by atoms with Gasteiger partial charge in [0.15, 0.2) is 6.61 Å². The van der Waals surface area contributed by atoms with Crippen molar-refractivity contribution < 1.29 is 13.9 Å². The molecule has 0 aromatic heterocycles. The van der Waals surface area contributed by atoms with Gasteiger partial charge in [0.2, 0.25) is 0 Å². The molecule has 1 aliphatic rings. The molecule has 1 aromatic rings. The number of amides is 1. The zero-order valence-corrected chi connectivity index (χ0v) is 12.4. The number of benzene rings is 1. The van der Waals surface area contributed by atoms with Crippen molar-refractivity contribution in [3.8, 4) is 5.75 Å². The lowest BCUT2D eigenvalue weighted by Crippen LogP contribution is -2.49. The summed E-state index contributed by atoms with van der Waals surface area (Å²) in [5, 5.41) is 0. The van der Waals surface area contributed by atoms with Crippen LogP contribution in [0.25, 0.3) is 0 Å². The van der Waals surface area contributed by atoms with Gasteiger partial charge in [-0.05, 0) is 24.3 Å². The molecule has 114 valence electrons. The van der Waals surface area contributed by atoms with Gasteiger partial charge in [0, 0.05) is 38.3 Å². The summed E-state index contributed by atoms with van der Waals surface area (Å²) in [6.07, 6.45) is 1.89. The third-order valence-electron chi connectivity index (χ3n) is 3.35. The van der Waals surface area contributed by atoms with E-state index < -0.39 is 0 Å². The molecule has 0 atom stereocenters. The molecule has 0 radical (unpaired) electrons. The van der Waals surface area contributed by atoms with Gasteiger partial charge >= 0.3 is 0 Å². The van der Waals surface area contributed by atoms with E-state index in [0.717, 1.165) is 19.6 Å². The van der Waals surface area contributed by atoms with E-state index >= 15 is 0 Å². The summed E-state index contributed by atoms with van der Waals surface area (Å²) in [5.74, 6) is 0.123. The van der Waals surface area contributed by atoms with Gasteiger partial charge in [-0.15, -0.1) is 0 Å². The molecule has 0 unspecified atom stereocenters. The lowest BCUT2D eigenvalue weighted by molar-refractivity contribution is -0.135. The Bertz CT molecular complexity index is 485. The van der Waals surface area contributed by atoms with E-state index in [1.165, 1.54) is 29.8 Å². The van der Waals surface area contributed by atoms with Gasteiger partial charge in [-0.3, -0.25) is 9.69 Å². The molecule has 2 rings (SSSR count). The maximum absolute atomic E-state index is 12.8. The smallest absolute Gasteiger partial charge is 0.260 e. The van der Waals surface area contributed by atoms with Crippen LogP contribution in [0.15, 0.2) is 35.9 Å². The summed E-state index contributed by atoms with van der Waals surface area (Å²) < 4.78 is 18.1. The fourth-order valence-corrected chi connectivity index (χ4v) is 2.22. The molecule has 4 nitrogen and oxygen atoms in total. The van der Waals surface area contributed by atoms with Crippen LogP contribution in [-0.4, -0.2) is 55.0 Å². The molecule has 1 aliphatic heterocycles. The standard InChI is InChI=1S/C15H18ClFN2O2/c16-6-1-7-18-8-10-19(11-9-18)15(20)12-21-14-4-2-13(17)3-5-14/h1-6H,7-12H2/b6-1+. The van der Waals surface area contributed by atoms with Crippen molar-refractivity contribution in [3.05, 3.63) is 41.7 Å². The second-order valence-corrected chi connectivity index (χ2v) is 5.04. The third-order valence-corrected chi connectivity index (χ3v) is 3.53. The van der Waals surface area contributed by atoms with E-state index in [9.17, 15) is 9.18 Å². The molecule has 1 fully saturated rings. The maximum atomic E-state index is 12.8. The number of piperazine rings is 1. The van der Waals surface area contributed by atoms with Gasteiger partial charge in [-0.2, -0.15) is 0 Å². The van der Waals surface area contributed by atoms with Gasteiger partial charge < -0.3 is 9.64 Å². The second kappa shape index (κ2) is 8.00. The first-order chi connectivity index (χ1) is 10.2. The van der Waals surface area contributed by atoms with Crippen molar-refractivity contribution in [2.24, 2.45) is 0 Å². The Balaban J connectivity index is 1.73. The topological polar surface area (TPSA) is 32.8 Å². The number of carbonyl (C=O) groups excluding carboxylic acids is 1.